The third kappa shape index (κ3) is 4.18. The normalized spacial score (nSPS) is 11.2. The van der Waals surface area contributed by atoms with Gasteiger partial charge in [0.15, 0.2) is 5.13 Å². The molecular formula is C19H20ClN3OS. The number of halogens is 1. The Morgan fingerprint density at radius 3 is 2.68 bits per heavy atom. The molecule has 3 aromatic rings. The number of rotatable bonds is 5. The van der Waals surface area contributed by atoms with Crippen molar-refractivity contribution in [3.63, 3.8) is 0 Å². The number of hydrogen-bond donors (Lipinski definition) is 0. The zero-order valence-corrected chi connectivity index (χ0v) is 16.1. The topological polar surface area (TPSA) is 36.4 Å². The Kier molecular flexibility index (Phi) is 5.37. The molecule has 0 bridgehead atoms. The van der Waals surface area contributed by atoms with E-state index >= 15 is 0 Å². The van der Waals surface area contributed by atoms with Crippen molar-refractivity contribution in [2.75, 3.05) is 32.1 Å². The number of amides is 1. The van der Waals surface area contributed by atoms with Crippen LogP contribution in [0.4, 0.5) is 5.13 Å². The number of hydrogen-bond acceptors (Lipinski definition) is 4. The zero-order valence-electron chi connectivity index (χ0n) is 14.5. The number of thiazole rings is 1. The van der Waals surface area contributed by atoms with Crippen LogP contribution in [0.1, 0.15) is 15.9 Å². The molecule has 4 nitrogen and oxygen atoms in total. The summed E-state index contributed by atoms with van der Waals surface area (Å²) in [7, 11) is 3.99. The minimum Gasteiger partial charge on any atom is -0.308 e. The molecule has 0 N–H and O–H groups in total. The number of carbonyl (C=O) groups is 1. The number of aryl methyl sites for hydroxylation is 1. The maximum atomic E-state index is 13.1. The van der Waals surface area contributed by atoms with Crippen molar-refractivity contribution < 1.29 is 4.79 Å². The summed E-state index contributed by atoms with van der Waals surface area (Å²) in [6.45, 7) is 3.32. The van der Waals surface area contributed by atoms with Crippen molar-refractivity contribution in [3.8, 4) is 0 Å². The molecule has 0 saturated carbocycles. The molecular weight excluding hydrogens is 354 g/mol. The van der Waals surface area contributed by atoms with E-state index in [4.69, 9.17) is 11.6 Å². The standard InChI is InChI=1S/C19H20ClN3OS/c1-13-5-4-6-14(11-13)18(24)23(10-9-22(2)3)19-21-16-8-7-15(20)12-17(16)25-19/h4-8,11-12H,9-10H2,1-3H3. The van der Waals surface area contributed by atoms with Gasteiger partial charge in [-0.15, -0.1) is 0 Å². The van der Waals surface area contributed by atoms with Crippen LogP contribution in [-0.4, -0.2) is 43.0 Å². The predicted molar refractivity (Wildman–Crippen MR) is 106 cm³/mol. The summed E-state index contributed by atoms with van der Waals surface area (Å²) >= 11 is 7.57. The van der Waals surface area contributed by atoms with Gasteiger partial charge < -0.3 is 4.90 Å². The molecule has 1 aromatic heterocycles. The Morgan fingerprint density at radius 2 is 1.96 bits per heavy atom. The van der Waals surface area contributed by atoms with Crippen molar-refractivity contribution in [2.45, 2.75) is 6.92 Å². The average Bonchev–Trinajstić information content (AvgIpc) is 2.97. The summed E-state index contributed by atoms with van der Waals surface area (Å²) in [5.74, 6) is -0.0318. The highest BCUT2D eigenvalue weighted by Gasteiger charge is 2.21. The van der Waals surface area contributed by atoms with Crippen LogP contribution in [0.2, 0.25) is 5.02 Å². The maximum absolute atomic E-state index is 13.1. The number of anilines is 1. The number of likely N-dealkylation sites (N-methyl/N-ethyl adjacent to an activating group) is 1. The lowest BCUT2D eigenvalue weighted by atomic mass is 10.1. The number of fused-ring (bicyclic) bond motifs is 1. The van der Waals surface area contributed by atoms with Crippen LogP contribution in [0, 0.1) is 6.92 Å². The molecule has 0 radical (unpaired) electrons. The van der Waals surface area contributed by atoms with Crippen molar-refractivity contribution in [3.05, 3.63) is 58.6 Å². The fourth-order valence-corrected chi connectivity index (χ4v) is 3.79. The van der Waals surface area contributed by atoms with Gasteiger partial charge in [-0.2, -0.15) is 0 Å². The first-order chi connectivity index (χ1) is 11.9. The second-order valence-corrected chi connectivity index (χ2v) is 7.68. The number of aromatic nitrogens is 1. The fourth-order valence-electron chi connectivity index (χ4n) is 2.52. The van der Waals surface area contributed by atoms with Gasteiger partial charge in [0.1, 0.15) is 0 Å². The SMILES string of the molecule is Cc1cccc(C(=O)N(CCN(C)C)c2nc3ccc(Cl)cc3s2)c1. The molecule has 0 aliphatic carbocycles. The second-order valence-electron chi connectivity index (χ2n) is 6.24. The van der Waals surface area contributed by atoms with Gasteiger partial charge in [0.05, 0.1) is 10.2 Å². The Labute approximate surface area is 156 Å². The van der Waals surface area contributed by atoms with Crippen molar-refractivity contribution in [2.24, 2.45) is 0 Å². The summed E-state index contributed by atoms with van der Waals surface area (Å²) in [5, 5.41) is 1.37. The summed E-state index contributed by atoms with van der Waals surface area (Å²) in [6, 6.07) is 13.3. The van der Waals surface area contributed by atoms with Gasteiger partial charge >= 0.3 is 0 Å². The van der Waals surface area contributed by atoms with E-state index in [1.807, 2.05) is 63.5 Å². The van der Waals surface area contributed by atoms with Gasteiger partial charge in [0, 0.05) is 23.7 Å². The molecule has 2 aromatic carbocycles. The van der Waals surface area contributed by atoms with E-state index in [0.717, 1.165) is 22.3 Å². The summed E-state index contributed by atoms with van der Waals surface area (Å²) in [4.78, 5) is 21.6. The molecule has 0 unspecified atom stereocenters. The molecule has 25 heavy (non-hydrogen) atoms. The molecule has 0 atom stereocenters. The monoisotopic (exact) mass is 373 g/mol. The van der Waals surface area contributed by atoms with Crippen molar-refractivity contribution in [1.82, 2.24) is 9.88 Å². The van der Waals surface area contributed by atoms with Gasteiger partial charge in [-0.3, -0.25) is 9.69 Å². The quantitative estimate of drug-likeness (QED) is 0.662. The number of carbonyl (C=O) groups excluding carboxylic acids is 1. The molecule has 0 aliphatic rings. The molecule has 3 rings (SSSR count). The molecule has 6 heteroatoms. The third-order valence-electron chi connectivity index (χ3n) is 3.85. The van der Waals surface area contributed by atoms with Crippen LogP contribution >= 0.6 is 22.9 Å². The minimum atomic E-state index is -0.0318. The Hall–Kier alpha value is -1.95. The summed E-state index contributed by atoms with van der Waals surface area (Å²) < 4.78 is 0.981. The average molecular weight is 374 g/mol. The largest absolute Gasteiger partial charge is 0.308 e. The fraction of sp³-hybridized carbons (Fsp3) is 0.263. The smallest absolute Gasteiger partial charge is 0.260 e. The molecule has 0 spiro atoms. The molecule has 130 valence electrons. The predicted octanol–water partition coefficient (Wildman–Crippen LogP) is 4.47. The third-order valence-corrected chi connectivity index (χ3v) is 5.13. The van der Waals surface area contributed by atoms with Crippen molar-refractivity contribution in [1.29, 1.82) is 0 Å². The first-order valence-electron chi connectivity index (χ1n) is 8.03. The van der Waals surface area contributed by atoms with E-state index in [9.17, 15) is 4.79 Å². The molecule has 1 amide bonds. The van der Waals surface area contributed by atoms with E-state index < -0.39 is 0 Å². The number of nitrogens with zero attached hydrogens (tertiary/aromatic N) is 3. The van der Waals surface area contributed by atoms with E-state index in [1.165, 1.54) is 11.3 Å². The highest BCUT2D eigenvalue weighted by molar-refractivity contribution is 7.22. The minimum absolute atomic E-state index is 0.0318. The maximum Gasteiger partial charge on any atom is 0.260 e. The van der Waals surface area contributed by atoms with Crippen LogP contribution in [0.15, 0.2) is 42.5 Å². The van der Waals surface area contributed by atoms with Gasteiger partial charge in [0.2, 0.25) is 0 Å². The Balaban J connectivity index is 1.99. The van der Waals surface area contributed by atoms with Crippen LogP contribution in [0.5, 0.6) is 0 Å². The van der Waals surface area contributed by atoms with Crippen LogP contribution in [0.3, 0.4) is 0 Å². The lowest BCUT2D eigenvalue weighted by Gasteiger charge is -2.22. The number of benzene rings is 2. The van der Waals surface area contributed by atoms with Gasteiger partial charge in [-0.1, -0.05) is 40.6 Å². The van der Waals surface area contributed by atoms with Gasteiger partial charge in [-0.05, 0) is 51.4 Å². The first kappa shape index (κ1) is 17.9. The zero-order chi connectivity index (χ0) is 18.0. The molecule has 0 fully saturated rings. The van der Waals surface area contributed by atoms with Crippen molar-refractivity contribution >= 4 is 44.2 Å². The summed E-state index contributed by atoms with van der Waals surface area (Å²) in [5.41, 5.74) is 2.60. The Bertz CT molecular complexity index is 907. The highest BCUT2D eigenvalue weighted by Crippen LogP contribution is 2.31. The van der Waals surface area contributed by atoms with Crippen LogP contribution in [-0.2, 0) is 0 Å². The van der Waals surface area contributed by atoms with E-state index in [2.05, 4.69) is 9.88 Å². The second kappa shape index (κ2) is 7.52. The summed E-state index contributed by atoms with van der Waals surface area (Å²) in [6.07, 6.45) is 0. The molecule has 0 aliphatic heterocycles. The van der Waals surface area contributed by atoms with Crippen LogP contribution < -0.4 is 4.90 Å². The lowest BCUT2D eigenvalue weighted by molar-refractivity contribution is 0.0985. The van der Waals surface area contributed by atoms with Gasteiger partial charge in [-0.25, -0.2) is 4.98 Å². The highest BCUT2D eigenvalue weighted by atomic mass is 35.5. The van der Waals surface area contributed by atoms with E-state index in [0.29, 0.717) is 22.3 Å². The molecule has 1 heterocycles. The molecule has 0 saturated heterocycles. The van der Waals surface area contributed by atoms with E-state index in [-0.39, 0.29) is 5.91 Å². The van der Waals surface area contributed by atoms with Crippen LogP contribution in [0.25, 0.3) is 10.2 Å². The first-order valence-corrected chi connectivity index (χ1v) is 9.23. The lowest BCUT2D eigenvalue weighted by Crippen LogP contribution is -2.36. The van der Waals surface area contributed by atoms with Gasteiger partial charge in [0.25, 0.3) is 5.91 Å². The van der Waals surface area contributed by atoms with E-state index in [1.54, 1.807) is 4.90 Å². The Morgan fingerprint density at radius 1 is 1.16 bits per heavy atom.